The van der Waals surface area contributed by atoms with Gasteiger partial charge in [0, 0.05) is 43.7 Å². The average molecular weight is 450 g/mol. The monoisotopic (exact) mass is 449 g/mol. The number of carbonyl (C=O) groups excluding carboxylic acids is 1. The lowest BCUT2D eigenvalue weighted by molar-refractivity contribution is -0.137. The Morgan fingerprint density at radius 3 is 2.76 bits per heavy atom. The van der Waals surface area contributed by atoms with Crippen molar-refractivity contribution < 1.29 is 14.7 Å². The highest BCUT2D eigenvalue weighted by Gasteiger charge is 2.18. The molecule has 0 saturated heterocycles. The van der Waals surface area contributed by atoms with Gasteiger partial charge in [-0.15, -0.1) is 0 Å². The molecule has 2 aromatic rings. The van der Waals surface area contributed by atoms with E-state index in [2.05, 4.69) is 27.0 Å². The van der Waals surface area contributed by atoms with Crippen molar-refractivity contribution in [3.05, 3.63) is 71.1 Å². The first-order chi connectivity index (χ1) is 16.0. The SMILES string of the molecule is N=C/C(=C\NCCc1ccc2c(n1)NCCC2)C(=O)NC(CCc1ccccc1)CC(=O)O. The number of aliphatic carboxylic acids is 1. The number of hydrogen-bond donors (Lipinski definition) is 5. The summed E-state index contributed by atoms with van der Waals surface area (Å²) in [5.74, 6) is -0.486. The summed E-state index contributed by atoms with van der Waals surface area (Å²) in [6.07, 6.45) is 6.29. The topological polar surface area (TPSA) is 127 Å². The molecular weight excluding hydrogens is 418 g/mol. The molecule has 8 heteroatoms. The molecule has 1 aliphatic heterocycles. The van der Waals surface area contributed by atoms with Gasteiger partial charge in [0.25, 0.3) is 5.91 Å². The minimum Gasteiger partial charge on any atom is -0.481 e. The Balaban J connectivity index is 1.51. The van der Waals surface area contributed by atoms with Gasteiger partial charge < -0.3 is 26.5 Å². The molecule has 3 rings (SSSR count). The number of nitrogens with zero attached hydrogens (tertiary/aromatic N) is 1. The van der Waals surface area contributed by atoms with Crippen LogP contribution in [0.2, 0.25) is 0 Å². The molecule has 1 atom stereocenters. The van der Waals surface area contributed by atoms with E-state index in [0.29, 0.717) is 25.8 Å². The van der Waals surface area contributed by atoms with Gasteiger partial charge in [0.05, 0.1) is 12.0 Å². The molecule has 1 aliphatic rings. The summed E-state index contributed by atoms with van der Waals surface area (Å²) in [7, 11) is 0. The van der Waals surface area contributed by atoms with Crippen LogP contribution in [0.1, 0.15) is 36.1 Å². The Kier molecular flexibility index (Phi) is 8.99. The van der Waals surface area contributed by atoms with Crippen molar-refractivity contribution in [1.29, 1.82) is 5.41 Å². The summed E-state index contributed by atoms with van der Waals surface area (Å²) in [6, 6.07) is 13.3. The van der Waals surface area contributed by atoms with Gasteiger partial charge in [-0.1, -0.05) is 36.4 Å². The second-order valence-electron chi connectivity index (χ2n) is 8.08. The van der Waals surface area contributed by atoms with Crippen LogP contribution in [0.5, 0.6) is 0 Å². The zero-order valence-corrected chi connectivity index (χ0v) is 18.6. The zero-order chi connectivity index (χ0) is 23.5. The summed E-state index contributed by atoms with van der Waals surface area (Å²) < 4.78 is 0. The van der Waals surface area contributed by atoms with Crippen LogP contribution in [0.15, 0.2) is 54.2 Å². The molecule has 1 unspecified atom stereocenters. The number of carboxylic acid groups (broad SMARTS) is 1. The van der Waals surface area contributed by atoms with E-state index in [9.17, 15) is 14.7 Å². The Morgan fingerprint density at radius 1 is 1.18 bits per heavy atom. The quantitative estimate of drug-likeness (QED) is 0.193. The Bertz CT molecular complexity index is 991. The van der Waals surface area contributed by atoms with Gasteiger partial charge in [0.1, 0.15) is 5.82 Å². The largest absolute Gasteiger partial charge is 0.481 e. The molecule has 2 heterocycles. The van der Waals surface area contributed by atoms with E-state index in [4.69, 9.17) is 5.41 Å². The minimum atomic E-state index is -0.973. The highest BCUT2D eigenvalue weighted by Crippen LogP contribution is 2.19. The maximum atomic E-state index is 12.6. The van der Waals surface area contributed by atoms with Gasteiger partial charge in [-0.2, -0.15) is 0 Å². The molecule has 0 spiro atoms. The Morgan fingerprint density at radius 2 is 2.00 bits per heavy atom. The lowest BCUT2D eigenvalue weighted by Gasteiger charge is -2.18. The fourth-order valence-corrected chi connectivity index (χ4v) is 3.75. The molecular formula is C25H31N5O3. The number of aromatic nitrogens is 1. The normalized spacial score (nSPS) is 13.9. The number of benzene rings is 1. The third-order valence-corrected chi connectivity index (χ3v) is 5.53. The van der Waals surface area contributed by atoms with Crippen molar-refractivity contribution in [1.82, 2.24) is 15.6 Å². The predicted octanol–water partition coefficient (Wildman–Crippen LogP) is 2.70. The van der Waals surface area contributed by atoms with E-state index in [1.54, 1.807) is 0 Å². The van der Waals surface area contributed by atoms with Crippen LogP contribution < -0.4 is 16.0 Å². The number of rotatable bonds is 12. The summed E-state index contributed by atoms with van der Waals surface area (Å²) in [5.41, 5.74) is 3.42. The summed E-state index contributed by atoms with van der Waals surface area (Å²) in [4.78, 5) is 28.5. The van der Waals surface area contributed by atoms with Gasteiger partial charge in [-0.3, -0.25) is 9.59 Å². The first-order valence-electron chi connectivity index (χ1n) is 11.3. The van der Waals surface area contributed by atoms with Crippen molar-refractivity contribution in [3.63, 3.8) is 0 Å². The van der Waals surface area contributed by atoms with Crippen LogP contribution >= 0.6 is 0 Å². The van der Waals surface area contributed by atoms with Gasteiger partial charge in [0.15, 0.2) is 0 Å². The molecule has 33 heavy (non-hydrogen) atoms. The highest BCUT2D eigenvalue weighted by molar-refractivity contribution is 6.11. The van der Waals surface area contributed by atoms with Crippen molar-refractivity contribution in [2.75, 3.05) is 18.4 Å². The maximum absolute atomic E-state index is 12.6. The number of anilines is 1. The zero-order valence-electron chi connectivity index (χ0n) is 18.6. The van der Waals surface area contributed by atoms with E-state index in [1.165, 1.54) is 11.8 Å². The number of nitrogens with one attached hydrogen (secondary N) is 4. The van der Waals surface area contributed by atoms with Crippen LogP contribution in [0.3, 0.4) is 0 Å². The number of pyridine rings is 1. The lowest BCUT2D eigenvalue weighted by Crippen LogP contribution is -2.38. The molecule has 174 valence electrons. The molecule has 1 amide bonds. The molecule has 0 fully saturated rings. The standard InChI is InChI=1S/C25H31N5O3/c26-16-20(17-27-14-12-21-11-9-19-7-4-13-28-24(19)29-21)25(33)30-22(15-23(31)32)10-8-18-5-2-1-3-6-18/h1-3,5-6,9,11,16-17,22,26-27H,4,7-8,10,12-15H2,(H,28,29)(H,30,33)(H,31,32)/b20-17+,26-16?. The molecule has 1 aromatic carbocycles. The first-order valence-corrected chi connectivity index (χ1v) is 11.3. The number of fused-ring (bicyclic) bond motifs is 1. The number of hydrogen-bond acceptors (Lipinski definition) is 6. The third-order valence-electron chi connectivity index (χ3n) is 5.53. The number of amides is 1. The van der Waals surface area contributed by atoms with Crippen molar-refractivity contribution in [3.8, 4) is 0 Å². The van der Waals surface area contributed by atoms with Crippen molar-refractivity contribution in [2.24, 2.45) is 0 Å². The van der Waals surface area contributed by atoms with Gasteiger partial charge in [-0.25, -0.2) is 4.98 Å². The van der Waals surface area contributed by atoms with Crippen LogP contribution in [-0.2, 0) is 28.9 Å². The second-order valence-corrected chi connectivity index (χ2v) is 8.08. The molecule has 0 bridgehead atoms. The lowest BCUT2D eigenvalue weighted by atomic mass is 10.0. The maximum Gasteiger partial charge on any atom is 0.305 e. The van der Waals surface area contributed by atoms with Crippen molar-refractivity contribution >= 4 is 23.9 Å². The molecule has 0 saturated carbocycles. The predicted molar refractivity (Wildman–Crippen MR) is 129 cm³/mol. The average Bonchev–Trinajstić information content (AvgIpc) is 2.82. The fraction of sp³-hybridized carbons (Fsp3) is 0.360. The summed E-state index contributed by atoms with van der Waals surface area (Å²) >= 11 is 0. The molecule has 1 aromatic heterocycles. The van der Waals surface area contributed by atoms with E-state index >= 15 is 0 Å². The molecule has 5 N–H and O–H groups in total. The van der Waals surface area contributed by atoms with Crippen LogP contribution in [0.4, 0.5) is 5.82 Å². The summed E-state index contributed by atoms with van der Waals surface area (Å²) in [6.45, 7) is 1.50. The van der Waals surface area contributed by atoms with E-state index < -0.39 is 17.9 Å². The van der Waals surface area contributed by atoms with Crippen LogP contribution in [-0.4, -0.2) is 47.3 Å². The Labute approximate surface area is 194 Å². The van der Waals surface area contributed by atoms with E-state index in [0.717, 1.165) is 42.7 Å². The second kappa shape index (κ2) is 12.4. The summed E-state index contributed by atoms with van der Waals surface area (Å²) in [5, 5.41) is 25.9. The van der Waals surface area contributed by atoms with Crippen molar-refractivity contribution in [2.45, 2.75) is 44.6 Å². The van der Waals surface area contributed by atoms with Crippen LogP contribution in [0, 0.1) is 5.41 Å². The van der Waals surface area contributed by atoms with Gasteiger partial charge in [0.2, 0.25) is 0 Å². The van der Waals surface area contributed by atoms with E-state index in [1.807, 2.05) is 36.4 Å². The van der Waals surface area contributed by atoms with Crippen LogP contribution in [0.25, 0.3) is 0 Å². The van der Waals surface area contributed by atoms with E-state index in [-0.39, 0.29) is 12.0 Å². The molecule has 0 radical (unpaired) electrons. The first kappa shape index (κ1) is 24.0. The van der Waals surface area contributed by atoms with Gasteiger partial charge in [-0.05, 0) is 42.9 Å². The Hall–Kier alpha value is -3.68. The number of carboxylic acids is 1. The van der Waals surface area contributed by atoms with Gasteiger partial charge >= 0.3 is 5.97 Å². The highest BCUT2D eigenvalue weighted by atomic mass is 16.4. The number of carbonyl (C=O) groups is 2. The fourth-order valence-electron chi connectivity index (χ4n) is 3.75. The minimum absolute atomic E-state index is 0.144. The molecule has 8 nitrogen and oxygen atoms in total. The number of aryl methyl sites for hydroxylation is 2. The third kappa shape index (κ3) is 7.75. The molecule has 0 aliphatic carbocycles. The smallest absolute Gasteiger partial charge is 0.305 e.